The van der Waals surface area contributed by atoms with Crippen LogP contribution in [-0.4, -0.2) is 22.9 Å². The summed E-state index contributed by atoms with van der Waals surface area (Å²) in [6, 6.07) is 7.08. The lowest BCUT2D eigenvalue weighted by atomic mass is 10.2. The largest absolute Gasteiger partial charge is 0.388 e. The number of nitrogens with zero attached hydrogens (tertiary/aromatic N) is 2. The van der Waals surface area contributed by atoms with E-state index in [4.69, 9.17) is 0 Å². The maximum Gasteiger partial charge on any atom is 0.274 e. The van der Waals surface area contributed by atoms with E-state index in [0.29, 0.717) is 11.4 Å². The number of hydrogen-bond donors (Lipinski definition) is 2. The highest BCUT2D eigenvalue weighted by molar-refractivity contribution is 6.03. The molecule has 0 aromatic carbocycles. The predicted octanol–water partition coefficient (Wildman–Crippen LogP) is 2.08. The second-order valence-corrected chi connectivity index (χ2v) is 3.77. The van der Waals surface area contributed by atoms with Crippen LogP contribution in [0.1, 0.15) is 16.2 Å². The molecular weight excluding hydrogens is 228 g/mol. The van der Waals surface area contributed by atoms with Gasteiger partial charge in [0.2, 0.25) is 0 Å². The lowest BCUT2D eigenvalue weighted by molar-refractivity contribution is 0.102. The van der Waals surface area contributed by atoms with Crippen LogP contribution in [0.5, 0.6) is 0 Å². The molecule has 2 aromatic rings. The minimum Gasteiger partial charge on any atom is -0.388 e. The number of carbonyl (C=O) groups is 1. The number of aromatic nitrogens is 2. The molecule has 18 heavy (non-hydrogen) atoms. The number of hydrogen-bond acceptors (Lipinski definition) is 4. The third kappa shape index (κ3) is 2.63. The van der Waals surface area contributed by atoms with Gasteiger partial charge >= 0.3 is 0 Å². The predicted molar refractivity (Wildman–Crippen MR) is 70.7 cm³/mol. The number of carbonyl (C=O) groups excluding carboxylic acids is 1. The molecule has 2 aromatic heterocycles. The fourth-order valence-electron chi connectivity index (χ4n) is 1.51. The quantitative estimate of drug-likeness (QED) is 0.864. The van der Waals surface area contributed by atoms with E-state index in [0.717, 1.165) is 11.4 Å². The summed E-state index contributed by atoms with van der Waals surface area (Å²) in [5.41, 5.74) is 2.68. The molecule has 5 nitrogen and oxygen atoms in total. The van der Waals surface area contributed by atoms with Crippen LogP contribution in [0.4, 0.5) is 11.4 Å². The Hall–Kier alpha value is -2.43. The van der Waals surface area contributed by atoms with E-state index in [-0.39, 0.29) is 5.91 Å². The van der Waals surface area contributed by atoms with Crippen LogP contribution in [0.2, 0.25) is 0 Å². The van der Waals surface area contributed by atoms with Crippen molar-refractivity contribution in [2.24, 2.45) is 0 Å². The summed E-state index contributed by atoms with van der Waals surface area (Å²) >= 11 is 0. The van der Waals surface area contributed by atoms with Crippen LogP contribution in [-0.2, 0) is 0 Å². The Bertz CT molecular complexity index is 568. The Labute approximate surface area is 105 Å². The lowest BCUT2D eigenvalue weighted by Crippen LogP contribution is -2.14. The van der Waals surface area contributed by atoms with Crippen LogP contribution in [0, 0.1) is 6.92 Å². The van der Waals surface area contributed by atoms with Gasteiger partial charge in [-0.05, 0) is 31.2 Å². The van der Waals surface area contributed by atoms with Gasteiger partial charge in [-0.2, -0.15) is 0 Å². The molecule has 0 unspecified atom stereocenters. The molecule has 2 N–H and O–H groups in total. The number of aryl methyl sites for hydroxylation is 1. The summed E-state index contributed by atoms with van der Waals surface area (Å²) in [7, 11) is 1.79. The summed E-state index contributed by atoms with van der Waals surface area (Å²) in [6.07, 6.45) is 3.28. The van der Waals surface area contributed by atoms with E-state index >= 15 is 0 Å². The summed E-state index contributed by atoms with van der Waals surface area (Å²) in [5, 5.41) is 5.75. The van der Waals surface area contributed by atoms with E-state index in [1.165, 1.54) is 0 Å². The Kier molecular flexibility index (Phi) is 3.52. The first-order valence-electron chi connectivity index (χ1n) is 5.57. The number of anilines is 2. The molecule has 0 aliphatic carbocycles. The van der Waals surface area contributed by atoms with E-state index < -0.39 is 0 Å². The van der Waals surface area contributed by atoms with Crippen molar-refractivity contribution >= 4 is 17.3 Å². The minimum atomic E-state index is -0.247. The molecule has 0 saturated carbocycles. The molecule has 0 aliphatic rings. The highest BCUT2D eigenvalue weighted by Crippen LogP contribution is 2.13. The van der Waals surface area contributed by atoms with Gasteiger partial charge in [-0.15, -0.1) is 0 Å². The fraction of sp³-hybridized carbons (Fsp3) is 0.154. The average molecular weight is 242 g/mol. The van der Waals surface area contributed by atoms with Gasteiger partial charge in [-0.3, -0.25) is 14.8 Å². The number of rotatable bonds is 3. The number of pyridine rings is 2. The molecule has 0 bridgehead atoms. The Morgan fingerprint density at radius 3 is 2.78 bits per heavy atom. The van der Waals surface area contributed by atoms with Crippen molar-refractivity contribution in [1.82, 2.24) is 9.97 Å². The average Bonchev–Trinajstić information content (AvgIpc) is 2.41. The monoisotopic (exact) mass is 242 g/mol. The molecule has 5 heteroatoms. The Morgan fingerprint density at radius 1 is 1.22 bits per heavy atom. The third-order valence-corrected chi connectivity index (χ3v) is 2.54. The van der Waals surface area contributed by atoms with Crippen molar-refractivity contribution in [2.45, 2.75) is 6.92 Å². The van der Waals surface area contributed by atoms with Crippen molar-refractivity contribution < 1.29 is 4.79 Å². The van der Waals surface area contributed by atoms with Crippen LogP contribution < -0.4 is 10.6 Å². The van der Waals surface area contributed by atoms with E-state index in [1.807, 2.05) is 13.0 Å². The zero-order valence-corrected chi connectivity index (χ0v) is 10.3. The van der Waals surface area contributed by atoms with Crippen molar-refractivity contribution in [3.8, 4) is 0 Å². The van der Waals surface area contributed by atoms with Crippen LogP contribution in [0.3, 0.4) is 0 Å². The Morgan fingerprint density at radius 2 is 2.06 bits per heavy atom. The summed E-state index contributed by atoms with van der Waals surface area (Å²) in [5.74, 6) is -0.247. The Balaban J connectivity index is 2.19. The van der Waals surface area contributed by atoms with E-state index in [9.17, 15) is 4.79 Å². The minimum absolute atomic E-state index is 0.247. The first kappa shape index (κ1) is 12.0. The maximum atomic E-state index is 12.0. The van der Waals surface area contributed by atoms with Gasteiger partial charge in [0.15, 0.2) is 0 Å². The highest BCUT2D eigenvalue weighted by atomic mass is 16.1. The molecule has 1 amide bonds. The van der Waals surface area contributed by atoms with Gasteiger partial charge in [0.1, 0.15) is 5.69 Å². The molecule has 0 fully saturated rings. The fourth-order valence-corrected chi connectivity index (χ4v) is 1.51. The number of nitrogens with one attached hydrogen (secondary N) is 2. The second kappa shape index (κ2) is 5.27. The van der Waals surface area contributed by atoms with Gasteiger partial charge in [0.05, 0.1) is 11.4 Å². The first-order valence-corrected chi connectivity index (χ1v) is 5.57. The van der Waals surface area contributed by atoms with Crippen molar-refractivity contribution in [2.75, 3.05) is 17.7 Å². The van der Waals surface area contributed by atoms with Crippen LogP contribution in [0.15, 0.2) is 36.7 Å². The summed E-state index contributed by atoms with van der Waals surface area (Å²) < 4.78 is 0. The molecular formula is C13H14N4O. The SMILES string of the molecule is CNc1ccnc(C(=O)Nc2cccnc2C)c1. The van der Waals surface area contributed by atoms with E-state index in [1.54, 1.807) is 37.6 Å². The topological polar surface area (TPSA) is 66.9 Å². The molecule has 2 heterocycles. The summed E-state index contributed by atoms with van der Waals surface area (Å²) in [4.78, 5) is 20.2. The molecule has 92 valence electrons. The molecule has 0 spiro atoms. The van der Waals surface area contributed by atoms with Crippen LogP contribution >= 0.6 is 0 Å². The van der Waals surface area contributed by atoms with Gasteiger partial charge in [-0.25, -0.2) is 0 Å². The normalized spacial score (nSPS) is 9.89. The van der Waals surface area contributed by atoms with Crippen molar-refractivity contribution in [1.29, 1.82) is 0 Å². The van der Waals surface area contributed by atoms with Crippen LogP contribution in [0.25, 0.3) is 0 Å². The zero-order valence-electron chi connectivity index (χ0n) is 10.3. The molecule has 0 aliphatic heterocycles. The number of amides is 1. The lowest BCUT2D eigenvalue weighted by Gasteiger charge is -2.07. The van der Waals surface area contributed by atoms with E-state index in [2.05, 4.69) is 20.6 Å². The van der Waals surface area contributed by atoms with Crippen molar-refractivity contribution in [3.05, 3.63) is 48.0 Å². The smallest absolute Gasteiger partial charge is 0.274 e. The van der Waals surface area contributed by atoms with Gasteiger partial charge in [0, 0.05) is 25.1 Å². The maximum absolute atomic E-state index is 12.0. The zero-order chi connectivity index (χ0) is 13.0. The van der Waals surface area contributed by atoms with Gasteiger partial charge < -0.3 is 10.6 Å². The second-order valence-electron chi connectivity index (χ2n) is 3.77. The standard InChI is InChI=1S/C13H14N4O/c1-9-11(4-3-6-15-9)17-13(18)12-8-10(14-2)5-7-16-12/h3-8H,1-2H3,(H,14,16)(H,17,18). The first-order chi connectivity index (χ1) is 8.70. The molecule has 0 saturated heterocycles. The molecule has 0 atom stereocenters. The summed E-state index contributed by atoms with van der Waals surface area (Å²) in [6.45, 7) is 1.84. The van der Waals surface area contributed by atoms with Crippen molar-refractivity contribution in [3.63, 3.8) is 0 Å². The molecule has 0 radical (unpaired) electrons. The van der Waals surface area contributed by atoms with Gasteiger partial charge in [0.25, 0.3) is 5.91 Å². The highest BCUT2D eigenvalue weighted by Gasteiger charge is 2.09. The van der Waals surface area contributed by atoms with Gasteiger partial charge in [-0.1, -0.05) is 0 Å². The third-order valence-electron chi connectivity index (χ3n) is 2.54. The molecule has 2 rings (SSSR count).